The van der Waals surface area contributed by atoms with Gasteiger partial charge in [-0.2, -0.15) is 10.2 Å². The molecule has 2 aromatic heterocycles. The molecule has 0 spiro atoms. The lowest BCUT2D eigenvalue weighted by molar-refractivity contribution is 0.892. The second-order valence-corrected chi connectivity index (χ2v) is 4.08. The van der Waals surface area contributed by atoms with Crippen LogP contribution in [0.15, 0.2) is 42.6 Å². The molecule has 0 saturated heterocycles. The first-order chi connectivity index (χ1) is 8.77. The Kier molecular flexibility index (Phi) is 2.37. The van der Waals surface area contributed by atoms with Gasteiger partial charge in [-0.25, -0.2) is 4.68 Å². The van der Waals surface area contributed by atoms with Crippen LogP contribution in [0.1, 0.15) is 5.56 Å². The molecular formula is C13H13N5. The van der Waals surface area contributed by atoms with Crippen LogP contribution in [-0.2, 0) is 0 Å². The standard InChI is InChI=1S/C13H13N5/c1-9-12(11-7-8-15-16-11)17-18(13(9)14)10-5-3-2-4-6-10/h2-8H,14H2,1H3,(H,15,16). The fraction of sp³-hybridized carbons (Fsp3) is 0.0769. The van der Waals surface area contributed by atoms with E-state index < -0.39 is 0 Å². The van der Waals surface area contributed by atoms with Gasteiger partial charge in [0, 0.05) is 11.8 Å². The van der Waals surface area contributed by atoms with E-state index in [0.29, 0.717) is 5.82 Å². The molecule has 0 radical (unpaired) electrons. The van der Waals surface area contributed by atoms with Gasteiger partial charge < -0.3 is 5.73 Å². The van der Waals surface area contributed by atoms with Gasteiger partial charge in [0.05, 0.1) is 11.4 Å². The van der Waals surface area contributed by atoms with Crippen molar-refractivity contribution in [1.82, 2.24) is 20.0 Å². The van der Waals surface area contributed by atoms with Gasteiger partial charge in [0.1, 0.15) is 11.5 Å². The van der Waals surface area contributed by atoms with E-state index in [-0.39, 0.29) is 0 Å². The molecule has 18 heavy (non-hydrogen) atoms. The quantitative estimate of drug-likeness (QED) is 0.719. The second kappa shape index (κ2) is 4.03. The molecule has 0 fully saturated rings. The number of aromatic nitrogens is 4. The van der Waals surface area contributed by atoms with Crippen molar-refractivity contribution < 1.29 is 0 Å². The van der Waals surface area contributed by atoms with E-state index in [1.54, 1.807) is 10.9 Å². The monoisotopic (exact) mass is 239 g/mol. The summed E-state index contributed by atoms with van der Waals surface area (Å²) in [6.45, 7) is 1.96. The van der Waals surface area contributed by atoms with Crippen LogP contribution in [0.2, 0.25) is 0 Å². The molecule has 0 aliphatic heterocycles. The van der Waals surface area contributed by atoms with E-state index >= 15 is 0 Å². The number of nitrogens with one attached hydrogen (secondary N) is 1. The van der Waals surface area contributed by atoms with E-state index in [1.807, 2.05) is 43.3 Å². The molecule has 3 aromatic rings. The first kappa shape index (κ1) is 10.6. The number of H-pyrrole nitrogens is 1. The highest BCUT2D eigenvalue weighted by molar-refractivity contribution is 5.66. The lowest BCUT2D eigenvalue weighted by Gasteiger charge is -2.02. The third-order valence-corrected chi connectivity index (χ3v) is 2.92. The minimum absolute atomic E-state index is 0.644. The van der Waals surface area contributed by atoms with Gasteiger partial charge in [-0.1, -0.05) is 18.2 Å². The molecule has 0 amide bonds. The zero-order valence-electron chi connectivity index (χ0n) is 9.96. The predicted molar refractivity (Wildman–Crippen MR) is 70.3 cm³/mol. The Bertz CT molecular complexity index is 652. The minimum Gasteiger partial charge on any atom is -0.383 e. The Hall–Kier alpha value is -2.56. The maximum Gasteiger partial charge on any atom is 0.130 e. The van der Waals surface area contributed by atoms with E-state index in [1.165, 1.54) is 0 Å². The van der Waals surface area contributed by atoms with Gasteiger partial charge in [0.2, 0.25) is 0 Å². The molecule has 5 heteroatoms. The molecular weight excluding hydrogens is 226 g/mol. The number of nitrogens with zero attached hydrogens (tertiary/aromatic N) is 3. The maximum atomic E-state index is 6.11. The van der Waals surface area contributed by atoms with Crippen LogP contribution < -0.4 is 5.73 Å². The molecule has 1 aromatic carbocycles. The predicted octanol–water partition coefficient (Wildman–Crippen LogP) is 2.15. The number of anilines is 1. The Labute approximate surface area is 104 Å². The summed E-state index contributed by atoms with van der Waals surface area (Å²) in [6, 6.07) is 11.7. The van der Waals surface area contributed by atoms with Gasteiger partial charge in [0.15, 0.2) is 0 Å². The number of hydrogen-bond acceptors (Lipinski definition) is 3. The van der Waals surface area contributed by atoms with Crippen LogP contribution in [0.3, 0.4) is 0 Å². The summed E-state index contributed by atoms with van der Waals surface area (Å²) in [7, 11) is 0. The summed E-state index contributed by atoms with van der Waals surface area (Å²) in [5, 5.41) is 11.4. The Morgan fingerprint density at radius 3 is 2.61 bits per heavy atom. The van der Waals surface area contributed by atoms with Crippen molar-refractivity contribution >= 4 is 5.82 Å². The van der Waals surface area contributed by atoms with Gasteiger partial charge in [-0.15, -0.1) is 0 Å². The number of aromatic amines is 1. The van der Waals surface area contributed by atoms with Crippen LogP contribution in [0, 0.1) is 6.92 Å². The van der Waals surface area contributed by atoms with Crippen molar-refractivity contribution in [1.29, 1.82) is 0 Å². The highest BCUT2D eigenvalue weighted by atomic mass is 15.3. The zero-order valence-corrected chi connectivity index (χ0v) is 9.96. The smallest absolute Gasteiger partial charge is 0.130 e. The lowest BCUT2D eigenvalue weighted by Crippen LogP contribution is -2.01. The fourth-order valence-electron chi connectivity index (χ4n) is 1.92. The third-order valence-electron chi connectivity index (χ3n) is 2.92. The Balaban J connectivity index is 2.16. The van der Waals surface area contributed by atoms with Crippen molar-refractivity contribution in [2.24, 2.45) is 0 Å². The van der Waals surface area contributed by atoms with Crippen molar-refractivity contribution in [2.75, 3.05) is 5.73 Å². The van der Waals surface area contributed by atoms with Crippen molar-refractivity contribution in [3.8, 4) is 17.1 Å². The normalized spacial score (nSPS) is 10.7. The van der Waals surface area contributed by atoms with Crippen molar-refractivity contribution in [2.45, 2.75) is 6.92 Å². The number of benzene rings is 1. The topological polar surface area (TPSA) is 72.5 Å². The number of nitrogen functional groups attached to an aromatic ring is 1. The summed E-state index contributed by atoms with van der Waals surface area (Å²) in [5.74, 6) is 0.644. The Morgan fingerprint density at radius 1 is 1.17 bits per heavy atom. The van der Waals surface area contributed by atoms with Crippen LogP contribution in [0.4, 0.5) is 5.82 Å². The van der Waals surface area contributed by atoms with Gasteiger partial charge in [0.25, 0.3) is 0 Å². The first-order valence-electron chi connectivity index (χ1n) is 5.67. The van der Waals surface area contributed by atoms with Crippen LogP contribution >= 0.6 is 0 Å². The molecule has 0 saturated carbocycles. The minimum atomic E-state index is 0.644. The summed E-state index contributed by atoms with van der Waals surface area (Å²) in [5.41, 5.74) is 9.70. The average molecular weight is 239 g/mol. The number of hydrogen-bond donors (Lipinski definition) is 2. The van der Waals surface area contributed by atoms with Gasteiger partial charge in [-0.05, 0) is 25.1 Å². The molecule has 90 valence electrons. The zero-order chi connectivity index (χ0) is 12.5. The molecule has 0 atom stereocenters. The highest BCUT2D eigenvalue weighted by Gasteiger charge is 2.15. The SMILES string of the molecule is Cc1c(-c2ccn[nH]2)nn(-c2ccccc2)c1N. The molecule has 0 bridgehead atoms. The molecule has 3 rings (SSSR count). The highest BCUT2D eigenvalue weighted by Crippen LogP contribution is 2.26. The van der Waals surface area contributed by atoms with Gasteiger partial charge >= 0.3 is 0 Å². The number of rotatable bonds is 2. The summed E-state index contributed by atoms with van der Waals surface area (Å²) in [6.07, 6.45) is 1.70. The maximum absolute atomic E-state index is 6.11. The van der Waals surface area contributed by atoms with Crippen LogP contribution in [0.5, 0.6) is 0 Å². The van der Waals surface area contributed by atoms with Crippen molar-refractivity contribution in [3.63, 3.8) is 0 Å². The fourth-order valence-corrected chi connectivity index (χ4v) is 1.92. The molecule has 0 aliphatic carbocycles. The average Bonchev–Trinajstić information content (AvgIpc) is 3.01. The second-order valence-electron chi connectivity index (χ2n) is 4.08. The lowest BCUT2D eigenvalue weighted by atomic mass is 10.2. The summed E-state index contributed by atoms with van der Waals surface area (Å²) < 4.78 is 1.74. The molecule has 3 N–H and O–H groups in total. The summed E-state index contributed by atoms with van der Waals surface area (Å²) in [4.78, 5) is 0. The summed E-state index contributed by atoms with van der Waals surface area (Å²) >= 11 is 0. The molecule has 0 aliphatic rings. The van der Waals surface area contributed by atoms with Crippen molar-refractivity contribution in [3.05, 3.63) is 48.2 Å². The van der Waals surface area contributed by atoms with E-state index in [4.69, 9.17) is 5.73 Å². The number of para-hydroxylation sites is 1. The molecule has 2 heterocycles. The Morgan fingerprint density at radius 2 is 1.94 bits per heavy atom. The third kappa shape index (κ3) is 1.57. The largest absolute Gasteiger partial charge is 0.383 e. The van der Waals surface area contributed by atoms with Crippen LogP contribution in [-0.4, -0.2) is 20.0 Å². The van der Waals surface area contributed by atoms with E-state index in [2.05, 4.69) is 15.3 Å². The number of nitrogens with two attached hydrogens (primary N) is 1. The van der Waals surface area contributed by atoms with Crippen LogP contribution in [0.25, 0.3) is 17.1 Å². The van der Waals surface area contributed by atoms with Gasteiger partial charge in [-0.3, -0.25) is 5.10 Å². The first-order valence-corrected chi connectivity index (χ1v) is 5.67. The molecule has 0 unspecified atom stereocenters. The molecule has 5 nitrogen and oxygen atoms in total. The van der Waals surface area contributed by atoms with E-state index in [9.17, 15) is 0 Å². The van der Waals surface area contributed by atoms with E-state index in [0.717, 1.165) is 22.6 Å².